The highest BCUT2D eigenvalue weighted by atomic mass is 79.9. The molecule has 1 spiro atoms. The molecule has 2 nitrogen and oxygen atoms in total. The van der Waals surface area contributed by atoms with Gasteiger partial charge in [-0.15, -0.1) is 0 Å². The van der Waals surface area contributed by atoms with Gasteiger partial charge in [0.2, 0.25) is 0 Å². The Bertz CT molecular complexity index is 680. The zero-order chi connectivity index (χ0) is 14.4. The van der Waals surface area contributed by atoms with E-state index in [1.54, 1.807) is 0 Å². The van der Waals surface area contributed by atoms with Crippen molar-refractivity contribution in [1.29, 1.82) is 0 Å². The lowest BCUT2D eigenvalue weighted by molar-refractivity contribution is -0.136. The molecule has 2 fully saturated rings. The van der Waals surface area contributed by atoms with Crippen LogP contribution in [0.1, 0.15) is 48.8 Å². The molecule has 1 aromatic rings. The molecule has 0 N–H and O–H groups in total. The summed E-state index contributed by atoms with van der Waals surface area (Å²) in [5.41, 5.74) is 4.04. The van der Waals surface area contributed by atoms with Gasteiger partial charge in [0.05, 0.1) is 0 Å². The van der Waals surface area contributed by atoms with E-state index in [0.29, 0.717) is 11.7 Å². The third kappa shape index (κ3) is 1.33. The lowest BCUT2D eigenvalue weighted by Gasteiger charge is -2.54. The maximum Gasteiger partial charge on any atom is 0.174 e. The summed E-state index contributed by atoms with van der Waals surface area (Å²) in [5, 5.41) is 0. The Hall–Kier alpha value is -0.830. The van der Waals surface area contributed by atoms with Crippen LogP contribution >= 0.6 is 15.9 Å². The zero-order valence-electron chi connectivity index (χ0n) is 12.2. The molecule has 2 bridgehead atoms. The molecular weight excluding hydrogens is 328 g/mol. The molecule has 1 aromatic carbocycles. The topological polar surface area (TPSA) is 26.3 Å². The van der Waals surface area contributed by atoms with Gasteiger partial charge in [-0.25, -0.2) is 0 Å². The third-order valence-corrected chi connectivity index (χ3v) is 7.25. The molecule has 5 rings (SSSR count). The van der Waals surface area contributed by atoms with Crippen molar-refractivity contribution in [3.63, 3.8) is 0 Å². The average molecular weight is 347 g/mol. The normalized spacial score (nSPS) is 39.0. The van der Waals surface area contributed by atoms with Crippen LogP contribution < -0.4 is 4.74 Å². The zero-order valence-corrected chi connectivity index (χ0v) is 13.8. The van der Waals surface area contributed by atoms with Crippen LogP contribution in [0.25, 0.3) is 0 Å². The largest absolute Gasteiger partial charge is 0.481 e. The molecule has 21 heavy (non-hydrogen) atoms. The minimum atomic E-state index is -0.193. The highest BCUT2D eigenvalue weighted by Crippen LogP contribution is 2.65. The van der Waals surface area contributed by atoms with E-state index < -0.39 is 0 Å². The number of Topliss-reactive ketones (excluding diaryl/α,β-unsaturated/α-hetero) is 1. The monoisotopic (exact) mass is 346 g/mol. The van der Waals surface area contributed by atoms with Gasteiger partial charge in [-0.2, -0.15) is 0 Å². The number of rotatable bonds is 0. The minimum absolute atomic E-state index is 0.00963. The number of halogens is 1. The second kappa shape index (κ2) is 3.92. The summed E-state index contributed by atoms with van der Waals surface area (Å²) in [6, 6.07) is 2.18. The highest BCUT2D eigenvalue weighted by molar-refractivity contribution is 9.10. The van der Waals surface area contributed by atoms with Crippen LogP contribution in [0.5, 0.6) is 5.75 Å². The predicted octanol–water partition coefficient (Wildman–Crippen LogP) is 4.09. The van der Waals surface area contributed by atoms with E-state index in [-0.39, 0.29) is 11.5 Å². The van der Waals surface area contributed by atoms with Crippen molar-refractivity contribution in [2.45, 2.75) is 57.0 Å². The molecule has 0 aromatic heterocycles. The smallest absolute Gasteiger partial charge is 0.174 e. The molecule has 4 aliphatic rings. The van der Waals surface area contributed by atoms with E-state index in [1.807, 2.05) is 0 Å². The van der Waals surface area contributed by atoms with Crippen LogP contribution in [0.4, 0.5) is 0 Å². The second-order valence-corrected chi connectivity index (χ2v) is 8.22. The van der Waals surface area contributed by atoms with Crippen molar-refractivity contribution in [1.82, 2.24) is 0 Å². The van der Waals surface area contributed by atoms with Gasteiger partial charge in [-0.05, 0) is 61.6 Å². The molecular formula is C18H19BrO2. The van der Waals surface area contributed by atoms with E-state index in [1.165, 1.54) is 40.4 Å². The van der Waals surface area contributed by atoms with Crippen LogP contribution in [-0.2, 0) is 16.6 Å². The Morgan fingerprint density at radius 1 is 1.38 bits per heavy atom. The summed E-state index contributed by atoms with van der Waals surface area (Å²) in [4.78, 5) is 12.6. The summed E-state index contributed by atoms with van der Waals surface area (Å²) >= 11 is 3.78. The maximum atomic E-state index is 12.6. The number of hydrogen-bond acceptors (Lipinski definition) is 2. The quantitative estimate of drug-likeness (QED) is 0.707. The fourth-order valence-electron chi connectivity index (χ4n) is 5.88. The molecule has 2 saturated carbocycles. The fraction of sp³-hybridized carbons (Fsp3) is 0.611. The van der Waals surface area contributed by atoms with E-state index in [9.17, 15) is 4.79 Å². The highest BCUT2D eigenvalue weighted by Gasteiger charge is 2.64. The molecule has 1 aliphatic heterocycles. The molecule has 0 amide bonds. The van der Waals surface area contributed by atoms with Crippen molar-refractivity contribution >= 4 is 21.7 Å². The summed E-state index contributed by atoms with van der Waals surface area (Å²) in [7, 11) is 0. The van der Waals surface area contributed by atoms with Crippen LogP contribution in [0.3, 0.4) is 0 Å². The summed E-state index contributed by atoms with van der Waals surface area (Å²) in [5.74, 6) is 2.79. The molecule has 4 atom stereocenters. The Morgan fingerprint density at radius 3 is 3.10 bits per heavy atom. The van der Waals surface area contributed by atoms with Crippen molar-refractivity contribution in [3.8, 4) is 5.75 Å². The third-order valence-electron chi connectivity index (χ3n) is 6.54. The van der Waals surface area contributed by atoms with Gasteiger partial charge in [-0.3, -0.25) is 4.79 Å². The first-order valence-electron chi connectivity index (χ1n) is 8.15. The van der Waals surface area contributed by atoms with Gasteiger partial charge in [0.1, 0.15) is 5.75 Å². The Balaban J connectivity index is 1.87. The molecule has 3 aliphatic carbocycles. The van der Waals surface area contributed by atoms with Crippen LogP contribution in [0.15, 0.2) is 10.5 Å². The number of hydrogen-bond donors (Lipinski definition) is 0. The van der Waals surface area contributed by atoms with Gasteiger partial charge >= 0.3 is 0 Å². The number of benzene rings is 1. The van der Waals surface area contributed by atoms with Gasteiger partial charge in [-0.1, -0.05) is 22.4 Å². The molecule has 3 heteroatoms. The predicted molar refractivity (Wildman–Crippen MR) is 83.7 cm³/mol. The fourth-order valence-corrected chi connectivity index (χ4v) is 6.58. The molecule has 2 unspecified atom stereocenters. The van der Waals surface area contributed by atoms with Crippen molar-refractivity contribution in [2.75, 3.05) is 0 Å². The first-order chi connectivity index (χ1) is 10.1. The first-order valence-corrected chi connectivity index (χ1v) is 8.94. The number of carbonyl (C=O) groups is 1. The second-order valence-electron chi connectivity index (χ2n) is 7.36. The van der Waals surface area contributed by atoms with Gasteiger partial charge in [0, 0.05) is 21.9 Å². The minimum Gasteiger partial charge on any atom is -0.481 e. The summed E-state index contributed by atoms with van der Waals surface area (Å²) in [6.07, 6.45) is 6.48. The van der Waals surface area contributed by atoms with E-state index >= 15 is 0 Å². The van der Waals surface area contributed by atoms with Crippen LogP contribution in [-0.4, -0.2) is 11.9 Å². The van der Waals surface area contributed by atoms with Crippen molar-refractivity contribution in [3.05, 3.63) is 27.2 Å². The number of aryl methyl sites for hydroxylation is 1. The molecule has 110 valence electrons. The number of ketones is 1. The number of ether oxygens (including phenoxy) is 1. The maximum absolute atomic E-state index is 12.6. The van der Waals surface area contributed by atoms with Crippen molar-refractivity contribution in [2.24, 2.45) is 11.8 Å². The van der Waals surface area contributed by atoms with Gasteiger partial charge in [0.15, 0.2) is 11.9 Å². The Labute approximate surface area is 133 Å². The lowest BCUT2D eigenvalue weighted by atomic mass is 9.48. The van der Waals surface area contributed by atoms with E-state index in [0.717, 1.165) is 30.9 Å². The van der Waals surface area contributed by atoms with E-state index in [4.69, 9.17) is 4.74 Å². The van der Waals surface area contributed by atoms with Crippen molar-refractivity contribution < 1.29 is 9.53 Å². The van der Waals surface area contributed by atoms with Crippen LogP contribution in [0.2, 0.25) is 0 Å². The van der Waals surface area contributed by atoms with Gasteiger partial charge < -0.3 is 4.74 Å². The SMILES string of the molecule is Cc1cc(Br)c2c3c1O[C@@H]1C(=O)CCC4C(CCC[C@]341)C2. The molecule has 0 radical (unpaired) electrons. The Morgan fingerprint density at radius 2 is 2.24 bits per heavy atom. The lowest BCUT2D eigenvalue weighted by Crippen LogP contribution is -2.58. The molecule has 0 saturated heterocycles. The molecule has 1 heterocycles. The number of carbonyl (C=O) groups excluding carboxylic acids is 1. The first kappa shape index (κ1) is 12.7. The summed E-state index contributed by atoms with van der Waals surface area (Å²) in [6.45, 7) is 2.11. The Kier molecular flexibility index (Phi) is 2.37. The summed E-state index contributed by atoms with van der Waals surface area (Å²) < 4.78 is 7.53. The van der Waals surface area contributed by atoms with E-state index in [2.05, 4.69) is 28.9 Å². The average Bonchev–Trinajstić information content (AvgIpc) is 2.78. The van der Waals surface area contributed by atoms with Crippen LogP contribution in [0, 0.1) is 18.8 Å². The standard InChI is InChI=1S/C18H19BrO2/c1-9-7-13(19)11-8-10-3-2-6-18-12(10)4-5-14(20)17(18)21-16(9)15(11)18/h7,10,12,17H,2-6,8H2,1H3/t10?,12?,17-,18-/m1/s1. The van der Waals surface area contributed by atoms with Gasteiger partial charge in [0.25, 0.3) is 0 Å².